The van der Waals surface area contributed by atoms with Crippen molar-refractivity contribution in [2.75, 3.05) is 5.32 Å². The summed E-state index contributed by atoms with van der Waals surface area (Å²) in [6.45, 7) is 3.68. The molecule has 3 rings (SSSR count). The van der Waals surface area contributed by atoms with E-state index in [0.29, 0.717) is 17.2 Å². The highest BCUT2D eigenvalue weighted by molar-refractivity contribution is 6.10. The highest BCUT2D eigenvalue weighted by Crippen LogP contribution is 2.16. The van der Waals surface area contributed by atoms with Crippen molar-refractivity contribution in [2.45, 2.75) is 13.8 Å². The Kier molecular flexibility index (Phi) is 6.07. The van der Waals surface area contributed by atoms with E-state index in [4.69, 9.17) is 4.42 Å². The van der Waals surface area contributed by atoms with Crippen molar-refractivity contribution < 1.29 is 18.9 Å². The highest BCUT2D eigenvalue weighted by Gasteiger charge is 2.17. The molecule has 2 amide bonds. The van der Waals surface area contributed by atoms with Crippen LogP contribution in [0.3, 0.4) is 0 Å². The van der Waals surface area contributed by atoms with E-state index in [1.165, 1.54) is 24.3 Å². The Balaban J connectivity index is 1.87. The minimum Gasteiger partial charge on any atom is -0.462 e. The average molecular weight is 405 g/mol. The number of carbonyl (C=O) groups is 2. The molecule has 152 valence electrons. The molecule has 3 aromatic rings. The average Bonchev–Trinajstić information content (AvgIpc) is 3.14. The number of aryl methyl sites for hydroxylation is 2. The number of hydrogen-bond acceptors (Lipinski definition) is 5. The molecule has 0 spiro atoms. The first-order chi connectivity index (χ1) is 14.3. The fraction of sp³-hybridized carbons (Fsp3) is 0.0909. The maximum absolute atomic E-state index is 12.8. The van der Waals surface area contributed by atoms with Crippen LogP contribution in [0.1, 0.15) is 27.4 Å². The first-order valence-electron chi connectivity index (χ1n) is 9.04. The van der Waals surface area contributed by atoms with Gasteiger partial charge in [0.25, 0.3) is 17.5 Å². The molecular formula is C22H19N3O5. The molecule has 0 fully saturated rings. The highest BCUT2D eigenvalue weighted by atomic mass is 16.6. The molecule has 0 unspecified atom stereocenters. The standard InChI is InChI=1S/C22H19N3O5/c1-14-6-9-17(10-7-14)23-22(27)20(13-19-11-8-15(2)30-19)24-21(26)16-4-3-5-18(12-16)25(28)29/h3-13H,1-2H3,(H,23,27)(H,24,26)/b20-13+. The van der Waals surface area contributed by atoms with E-state index in [-0.39, 0.29) is 16.9 Å². The van der Waals surface area contributed by atoms with Crippen LogP contribution in [-0.4, -0.2) is 16.7 Å². The minimum atomic E-state index is -0.660. The number of hydrogen-bond donors (Lipinski definition) is 2. The number of nitro benzene ring substituents is 1. The first-order valence-corrected chi connectivity index (χ1v) is 9.04. The van der Waals surface area contributed by atoms with Crippen molar-refractivity contribution in [1.82, 2.24) is 5.32 Å². The van der Waals surface area contributed by atoms with Crippen molar-refractivity contribution >= 4 is 29.3 Å². The van der Waals surface area contributed by atoms with Gasteiger partial charge < -0.3 is 15.1 Å². The summed E-state index contributed by atoms with van der Waals surface area (Å²) in [5, 5.41) is 16.2. The maximum atomic E-state index is 12.8. The SMILES string of the molecule is Cc1ccc(NC(=O)/C(=C\c2ccc(C)o2)NC(=O)c2cccc([N+](=O)[O-])c2)cc1. The van der Waals surface area contributed by atoms with Crippen molar-refractivity contribution in [3.05, 3.63) is 99.1 Å². The number of non-ortho nitro benzene ring substituents is 1. The number of nitro groups is 1. The van der Waals surface area contributed by atoms with Gasteiger partial charge in [-0.05, 0) is 44.2 Å². The van der Waals surface area contributed by atoms with Gasteiger partial charge in [-0.1, -0.05) is 23.8 Å². The van der Waals surface area contributed by atoms with Crippen molar-refractivity contribution in [3.8, 4) is 0 Å². The van der Waals surface area contributed by atoms with Crippen LogP contribution in [0.2, 0.25) is 0 Å². The number of rotatable bonds is 6. The van der Waals surface area contributed by atoms with Crippen LogP contribution in [0.15, 0.2) is 70.8 Å². The summed E-state index contributed by atoms with van der Waals surface area (Å²) in [6, 6.07) is 15.8. The molecule has 0 aliphatic rings. The van der Waals surface area contributed by atoms with E-state index in [0.717, 1.165) is 11.6 Å². The largest absolute Gasteiger partial charge is 0.462 e. The quantitative estimate of drug-likeness (QED) is 0.362. The van der Waals surface area contributed by atoms with Crippen molar-refractivity contribution in [1.29, 1.82) is 0 Å². The Morgan fingerprint density at radius 2 is 1.77 bits per heavy atom. The third-order valence-electron chi connectivity index (χ3n) is 4.17. The number of nitrogens with one attached hydrogen (secondary N) is 2. The summed E-state index contributed by atoms with van der Waals surface area (Å²) in [5.41, 5.74) is 1.35. The van der Waals surface area contributed by atoms with Gasteiger partial charge in [-0.15, -0.1) is 0 Å². The van der Waals surface area contributed by atoms with E-state index < -0.39 is 16.7 Å². The lowest BCUT2D eigenvalue weighted by Crippen LogP contribution is -2.30. The molecule has 1 heterocycles. The number of carbonyl (C=O) groups excluding carboxylic acids is 2. The molecule has 0 radical (unpaired) electrons. The second-order valence-electron chi connectivity index (χ2n) is 6.59. The smallest absolute Gasteiger partial charge is 0.272 e. The number of nitrogens with zero attached hydrogens (tertiary/aromatic N) is 1. The molecule has 1 aromatic heterocycles. The van der Waals surface area contributed by atoms with E-state index in [9.17, 15) is 19.7 Å². The molecule has 2 N–H and O–H groups in total. The topological polar surface area (TPSA) is 114 Å². The van der Waals surface area contributed by atoms with Crippen LogP contribution in [-0.2, 0) is 4.79 Å². The van der Waals surface area contributed by atoms with Gasteiger partial charge in [-0.3, -0.25) is 19.7 Å². The second kappa shape index (κ2) is 8.87. The summed E-state index contributed by atoms with van der Waals surface area (Å²) < 4.78 is 5.47. The van der Waals surface area contributed by atoms with E-state index >= 15 is 0 Å². The molecule has 30 heavy (non-hydrogen) atoms. The molecule has 0 saturated heterocycles. The molecule has 2 aromatic carbocycles. The number of furan rings is 1. The Labute approximate surface area is 172 Å². The van der Waals surface area contributed by atoms with Crippen LogP contribution in [0.5, 0.6) is 0 Å². The summed E-state index contributed by atoms with van der Waals surface area (Å²) in [7, 11) is 0. The predicted octanol–water partition coefficient (Wildman–Crippen LogP) is 4.21. The number of benzene rings is 2. The summed E-state index contributed by atoms with van der Waals surface area (Å²) in [6.07, 6.45) is 1.39. The van der Waals surface area contributed by atoms with Gasteiger partial charge in [-0.25, -0.2) is 0 Å². The summed E-state index contributed by atoms with van der Waals surface area (Å²) in [4.78, 5) is 35.8. The lowest BCUT2D eigenvalue weighted by atomic mass is 10.2. The zero-order chi connectivity index (χ0) is 21.7. The van der Waals surface area contributed by atoms with Crippen molar-refractivity contribution in [2.24, 2.45) is 0 Å². The third-order valence-corrected chi connectivity index (χ3v) is 4.17. The fourth-order valence-corrected chi connectivity index (χ4v) is 2.62. The summed E-state index contributed by atoms with van der Waals surface area (Å²) in [5.74, 6) is -0.204. The van der Waals surface area contributed by atoms with Gasteiger partial charge >= 0.3 is 0 Å². The molecule has 0 bridgehead atoms. The van der Waals surface area contributed by atoms with Gasteiger partial charge in [0.05, 0.1) is 4.92 Å². The monoisotopic (exact) mass is 405 g/mol. The van der Waals surface area contributed by atoms with Gasteiger partial charge in [0.15, 0.2) is 0 Å². The Bertz CT molecular complexity index is 1130. The van der Waals surface area contributed by atoms with Crippen LogP contribution < -0.4 is 10.6 Å². The number of anilines is 1. The molecule has 8 nitrogen and oxygen atoms in total. The van der Waals surface area contributed by atoms with Crippen LogP contribution in [0, 0.1) is 24.0 Å². The lowest BCUT2D eigenvalue weighted by molar-refractivity contribution is -0.384. The van der Waals surface area contributed by atoms with Crippen LogP contribution >= 0.6 is 0 Å². The maximum Gasteiger partial charge on any atom is 0.272 e. The second-order valence-corrected chi connectivity index (χ2v) is 6.59. The number of amides is 2. The summed E-state index contributed by atoms with van der Waals surface area (Å²) >= 11 is 0. The molecule has 8 heteroatoms. The lowest BCUT2D eigenvalue weighted by Gasteiger charge is -2.11. The first kappa shape index (κ1) is 20.5. The van der Waals surface area contributed by atoms with Gasteiger partial charge in [-0.2, -0.15) is 0 Å². The van der Waals surface area contributed by atoms with E-state index in [1.54, 1.807) is 31.2 Å². The predicted molar refractivity (Wildman–Crippen MR) is 112 cm³/mol. The third kappa shape index (κ3) is 5.20. The Hall–Kier alpha value is -4.20. The zero-order valence-corrected chi connectivity index (χ0v) is 16.3. The molecule has 0 saturated carbocycles. The van der Waals surface area contributed by atoms with Crippen molar-refractivity contribution in [3.63, 3.8) is 0 Å². The van der Waals surface area contributed by atoms with Crippen LogP contribution in [0.25, 0.3) is 6.08 Å². The minimum absolute atomic E-state index is 0.0499. The zero-order valence-electron chi connectivity index (χ0n) is 16.3. The Morgan fingerprint density at radius 1 is 1.03 bits per heavy atom. The molecular weight excluding hydrogens is 386 g/mol. The van der Waals surface area contributed by atoms with Crippen LogP contribution in [0.4, 0.5) is 11.4 Å². The molecule has 0 aliphatic carbocycles. The van der Waals surface area contributed by atoms with E-state index in [2.05, 4.69) is 10.6 Å². The Morgan fingerprint density at radius 3 is 2.40 bits per heavy atom. The van der Waals surface area contributed by atoms with Gasteiger partial charge in [0.1, 0.15) is 17.2 Å². The molecule has 0 aliphatic heterocycles. The normalized spacial score (nSPS) is 11.1. The molecule has 0 atom stereocenters. The van der Waals surface area contributed by atoms with Gasteiger partial charge in [0.2, 0.25) is 0 Å². The van der Waals surface area contributed by atoms with Gasteiger partial charge in [0, 0.05) is 29.5 Å². The fourth-order valence-electron chi connectivity index (χ4n) is 2.62. The van der Waals surface area contributed by atoms with E-state index in [1.807, 2.05) is 19.1 Å².